The minimum absolute atomic E-state index is 0.0577. The number of carbonyl (C=O) groups excluding carboxylic acids is 1. The van der Waals surface area contributed by atoms with Gasteiger partial charge in [-0.2, -0.15) is 5.10 Å². The highest BCUT2D eigenvalue weighted by Gasteiger charge is 2.40. The SMILES string of the molecule is Cc1cnn(CCC(=O)N2C[C@H](C(=O)O)[C@@H](c3ccc4c(c3)OCO4)C2)c1. The fourth-order valence-electron chi connectivity index (χ4n) is 3.70. The summed E-state index contributed by atoms with van der Waals surface area (Å²) in [5.41, 5.74) is 1.89. The number of ether oxygens (including phenoxy) is 2. The highest BCUT2D eigenvalue weighted by atomic mass is 16.7. The maximum Gasteiger partial charge on any atom is 0.308 e. The van der Waals surface area contributed by atoms with Gasteiger partial charge in [0.25, 0.3) is 0 Å². The predicted molar refractivity (Wildman–Crippen MR) is 94.6 cm³/mol. The third-order valence-electron chi connectivity index (χ3n) is 5.13. The Labute approximate surface area is 156 Å². The van der Waals surface area contributed by atoms with Crippen LogP contribution in [0, 0.1) is 12.8 Å². The van der Waals surface area contributed by atoms with Crippen LogP contribution in [0.4, 0.5) is 0 Å². The molecule has 2 aromatic rings. The number of aryl methyl sites for hydroxylation is 2. The van der Waals surface area contributed by atoms with Gasteiger partial charge in [0.15, 0.2) is 11.5 Å². The smallest absolute Gasteiger partial charge is 0.308 e. The number of carboxylic acid groups (broad SMARTS) is 1. The van der Waals surface area contributed by atoms with Crippen LogP contribution < -0.4 is 9.47 Å². The zero-order valence-corrected chi connectivity index (χ0v) is 15.0. The Morgan fingerprint density at radius 3 is 2.81 bits per heavy atom. The molecule has 1 N–H and O–H groups in total. The van der Waals surface area contributed by atoms with Crippen molar-refractivity contribution in [2.45, 2.75) is 25.8 Å². The molecule has 8 nitrogen and oxygen atoms in total. The van der Waals surface area contributed by atoms with E-state index < -0.39 is 11.9 Å². The Morgan fingerprint density at radius 2 is 2.07 bits per heavy atom. The zero-order chi connectivity index (χ0) is 19.0. The number of benzene rings is 1. The van der Waals surface area contributed by atoms with E-state index in [9.17, 15) is 14.7 Å². The van der Waals surface area contributed by atoms with Crippen LogP contribution in [0.25, 0.3) is 0 Å². The molecule has 2 aliphatic heterocycles. The lowest BCUT2D eigenvalue weighted by Gasteiger charge is -2.17. The van der Waals surface area contributed by atoms with Crippen LogP contribution in [-0.4, -0.2) is 51.5 Å². The van der Waals surface area contributed by atoms with Crippen molar-refractivity contribution >= 4 is 11.9 Å². The summed E-state index contributed by atoms with van der Waals surface area (Å²) in [7, 11) is 0. The topological polar surface area (TPSA) is 93.9 Å². The molecular formula is C19H21N3O5. The van der Waals surface area contributed by atoms with Gasteiger partial charge in [0.2, 0.25) is 12.7 Å². The summed E-state index contributed by atoms with van der Waals surface area (Å²) in [5, 5.41) is 13.8. The first kappa shape index (κ1) is 17.4. The van der Waals surface area contributed by atoms with Gasteiger partial charge in [-0.05, 0) is 30.2 Å². The predicted octanol–water partition coefficient (Wildman–Crippen LogP) is 1.64. The fourth-order valence-corrected chi connectivity index (χ4v) is 3.70. The molecule has 0 radical (unpaired) electrons. The molecule has 0 aliphatic carbocycles. The average Bonchev–Trinajstić information content (AvgIpc) is 3.37. The van der Waals surface area contributed by atoms with Gasteiger partial charge in [-0.3, -0.25) is 14.3 Å². The van der Waals surface area contributed by atoms with Crippen molar-refractivity contribution in [1.29, 1.82) is 0 Å². The fraction of sp³-hybridized carbons (Fsp3) is 0.421. The van der Waals surface area contributed by atoms with Crippen molar-refractivity contribution in [3.63, 3.8) is 0 Å². The van der Waals surface area contributed by atoms with E-state index in [4.69, 9.17) is 9.47 Å². The zero-order valence-electron chi connectivity index (χ0n) is 15.0. The molecule has 1 amide bonds. The lowest BCUT2D eigenvalue weighted by atomic mass is 9.89. The number of amides is 1. The lowest BCUT2D eigenvalue weighted by Crippen LogP contribution is -2.30. The van der Waals surface area contributed by atoms with E-state index in [1.54, 1.807) is 21.8 Å². The van der Waals surface area contributed by atoms with Crippen LogP contribution in [-0.2, 0) is 16.1 Å². The summed E-state index contributed by atoms with van der Waals surface area (Å²) in [4.78, 5) is 26.0. The van der Waals surface area contributed by atoms with Gasteiger partial charge in [0.05, 0.1) is 12.1 Å². The van der Waals surface area contributed by atoms with Gasteiger partial charge in [0.1, 0.15) is 0 Å². The summed E-state index contributed by atoms with van der Waals surface area (Å²) >= 11 is 0. The molecule has 4 rings (SSSR count). The first-order valence-electron chi connectivity index (χ1n) is 8.90. The minimum atomic E-state index is -0.893. The van der Waals surface area contributed by atoms with E-state index in [0.29, 0.717) is 31.0 Å². The molecule has 0 spiro atoms. The molecule has 1 saturated heterocycles. The number of aliphatic carboxylic acids is 1. The van der Waals surface area contributed by atoms with Crippen molar-refractivity contribution in [1.82, 2.24) is 14.7 Å². The summed E-state index contributed by atoms with van der Waals surface area (Å²) in [5.74, 6) is -0.580. The van der Waals surface area contributed by atoms with E-state index in [2.05, 4.69) is 5.10 Å². The van der Waals surface area contributed by atoms with Crippen molar-refractivity contribution in [3.05, 3.63) is 41.7 Å². The molecule has 0 bridgehead atoms. The Kier molecular flexibility index (Phi) is 4.47. The second-order valence-electron chi connectivity index (χ2n) is 6.99. The van der Waals surface area contributed by atoms with Crippen LogP contribution in [0.1, 0.15) is 23.5 Å². The number of aromatic nitrogens is 2. The molecule has 1 fully saturated rings. The molecule has 0 unspecified atom stereocenters. The number of fused-ring (bicyclic) bond motifs is 1. The Morgan fingerprint density at radius 1 is 1.26 bits per heavy atom. The van der Waals surface area contributed by atoms with E-state index in [0.717, 1.165) is 11.1 Å². The average molecular weight is 371 g/mol. The van der Waals surface area contributed by atoms with Crippen LogP contribution in [0.15, 0.2) is 30.6 Å². The third kappa shape index (κ3) is 3.47. The first-order chi connectivity index (χ1) is 13.0. The number of hydrogen-bond donors (Lipinski definition) is 1. The number of rotatable bonds is 5. The molecule has 142 valence electrons. The summed E-state index contributed by atoms with van der Waals surface area (Å²) < 4.78 is 12.4. The summed E-state index contributed by atoms with van der Waals surface area (Å²) in [6.07, 6.45) is 3.92. The standard InChI is InChI=1S/C19H21N3O5/c1-12-7-20-22(8-12)5-4-18(23)21-9-14(15(10-21)19(24)25)13-2-3-16-17(6-13)27-11-26-16/h2-3,6-8,14-15H,4-5,9-11H2,1H3,(H,24,25)/t14-,15+/m1/s1. The lowest BCUT2D eigenvalue weighted by molar-refractivity contribution is -0.141. The second-order valence-corrected chi connectivity index (χ2v) is 6.99. The molecular weight excluding hydrogens is 350 g/mol. The first-order valence-corrected chi connectivity index (χ1v) is 8.90. The number of nitrogens with zero attached hydrogens (tertiary/aromatic N) is 3. The monoisotopic (exact) mass is 371 g/mol. The highest BCUT2D eigenvalue weighted by molar-refractivity contribution is 5.79. The molecule has 3 heterocycles. The van der Waals surface area contributed by atoms with Gasteiger partial charge < -0.3 is 19.5 Å². The molecule has 27 heavy (non-hydrogen) atoms. The summed E-state index contributed by atoms with van der Waals surface area (Å²) in [6, 6.07) is 5.47. The largest absolute Gasteiger partial charge is 0.481 e. The van der Waals surface area contributed by atoms with Crippen LogP contribution in [0.3, 0.4) is 0 Å². The molecule has 2 aliphatic rings. The molecule has 1 aromatic heterocycles. The van der Waals surface area contributed by atoms with Gasteiger partial charge >= 0.3 is 5.97 Å². The number of carbonyl (C=O) groups is 2. The normalized spacial score (nSPS) is 20.9. The van der Waals surface area contributed by atoms with Crippen LogP contribution in [0.2, 0.25) is 0 Å². The molecule has 2 atom stereocenters. The van der Waals surface area contributed by atoms with Crippen LogP contribution >= 0.6 is 0 Å². The highest BCUT2D eigenvalue weighted by Crippen LogP contribution is 2.39. The Bertz CT molecular complexity index is 878. The van der Waals surface area contributed by atoms with E-state index in [1.807, 2.05) is 25.3 Å². The van der Waals surface area contributed by atoms with Crippen molar-refractivity contribution < 1.29 is 24.2 Å². The minimum Gasteiger partial charge on any atom is -0.481 e. The van der Waals surface area contributed by atoms with E-state index in [1.165, 1.54) is 0 Å². The number of carboxylic acids is 1. The Balaban J connectivity index is 1.46. The third-order valence-corrected chi connectivity index (χ3v) is 5.13. The summed E-state index contributed by atoms with van der Waals surface area (Å²) in [6.45, 7) is 3.19. The van der Waals surface area contributed by atoms with Gasteiger partial charge in [-0.1, -0.05) is 6.07 Å². The number of hydrogen-bond acceptors (Lipinski definition) is 5. The van der Waals surface area contributed by atoms with Crippen molar-refractivity contribution in [2.24, 2.45) is 5.92 Å². The van der Waals surface area contributed by atoms with Crippen LogP contribution in [0.5, 0.6) is 11.5 Å². The van der Waals surface area contributed by atoms with Crippen molar-refractivity contribution in [3.8, 4) is 11.5 Å². The molecule has 0 saturated carbocycles. The number of likely N-dealkylation sites (tertiary alicyclic amines) is 1. The maximum absolute atomic E-state index is 12.6. The van der Waals surface area contributed by atoms with Gasteiger partial charge in [-0.15, -0.1) is 0 Å². The van der Waals surface area contributed by atoms with E-state index in [-0.39, 0.29) is 25.2 Å². The van der Waals surface area contributed by atoms with Crippen molar-refractivity contribution in [2.75, 3.05) is 19.9 Å². The van der Waals surface area contributed by atoms with Gasteiger partial charge in [-0.25, -0.2) is 0 Å². The Hall–Kier alpha value is -3.03. The molecule has 1 aromatic carbocycles. The van der Waals surface area contributed by atoms with Gasteiger partial charge in [0, 0.05) is 38.2 Å². The molecule has 8 heteroatoms. The van der Waals surface area contributed by atoms with E-state index >= 15 is 0 Å². The maximum atomic E-state index is 12.6. The second kappa shape index (κ2) is 6.94. The quantitative estimate of drug-likeness (QED) is 0.859.